The fourth-order valence-corrected chi connectivity index (χ4v) is 4.77. The Labute approximate surface area is 113 Å². The van der Waals surface area contributed by atoms with Crippen molar-refractivity contribution in [3.8, 4) is 11.5 Å². The molecule has 3 heteroatoms. The molecule has 1 aromatic rings. The molecule has 2 aliphatic heterocycles. The smallest absolute Gasteiger partial charge is 0.119 e. The first-order chi connectivity index (χ1) is 9.25. The van der Waals surface area contributed by atoms with Crippen molar-refractivity contribution in [2.75, 3.05) is 13.1 Å². The first-order valence-corrected chi connectivity index (χ1v) is 7.53. The minimum absolute atomic E-state index is 0.383. The Bertz CT molecular complexity index is 512. The summed E-state index contributed by atoms with van der Waals surface area (Å²) in [4.78, 5) is 2.63. The van der Waals surface area contributed by atoms with E-state index in [4.69, 9.17) is 0 Å². The summed E-state index contributed by atoms with van der Waals surface area (Å²) < 4.78 is 0. The normalized spacial score (nSPS) is 33.6. The highest BCUT2D eigenvalue weighted by Gasteiger charge is 2.45. The van der Waals surface area contributed by atoms with Crippen LogP contribution in [0.25, 0.3) is 0 Å². The minimum atomic E-state index is 0.383. The number of piperidine rings is 2. The van der Waals surface area contributed by atoms with Crippen LogP contribution in [0.1, 0.15) is 42.7 Å². The van der Waals surface area contributed by atoms with Crippen LogP contribution in [0.4, 0.5) is 0 Å². The lowest BCUT2D eigenvalue weighted by Gasteiger charge is -2.52. The van der Waals surface area contributed by atoms with E-state index in [0.717, 1.165) is 24.0 Å². The number of phenols is 2. The summed E-state index contributed by atoms with van der Waals surface area (Å²) >= 11 is 0. The Morgan fingerprint density at radius 2 is 1.74 bits per heavy atom. The lowest BCUT2D eigenvalue weighted by atomic mass is 9.66. The Morgan fingerprint density at radius 1 is 1.00 bits per heavy atom. The molecule has 3 unspecified atom stereocenters. The highest BCUT2D eigenvalue weighted by Crippen LogP contribution is 2.51. The number of hydrogen-bond donors (Lipinski definition) is 2. The number of aromatic hydroxyl groups is 2. The van der Waals surface area contributed by atoms with E-state index in [1.807, 2.05) is 0 Å². The monoisotopic (exact) mass is 259 g/mol. The van der Waals surface area contributed by atoms with Crippen molar-refractivity contribution < 1.29 is 10.2 Å². The van der Waals surface area contributed by atoms with Crippen LogP contribution >= 0.6 is 0 Å². The molecule has 0 saturated carbocycles. The number of rotatable bonds is 0. The van der Waals surface area contributed by atoms with E-state index >= 15 is 0 Å². The molecule has 3 atom stereocenters. The van der Waals surface area contributed by atoms with Crippen LogP contribution in [0.5, 0.6) is 11.5 Å². The zero-order valence-corrected chi connectivity index (χ0v) is 11.2. The van der Waals surface area contributed by atoms with Crippen LogP contribution in [-0.2, 0) is 6.42 Å². The fourth-order valence-electron chi connectivity index (χ4n) is 4.77. The lowest BCUT2D eigenvalue weighted by molar-refractivity contribution is 0.0337. The first kappa shape index (κ1) is 11.6. The third-order valence-electron chi connectivity index (χ3n) is 5.44. The predicted molar refractivity (Wildman–Crippen MR) is 73.5 cm³/mol. The average molecular weight is 259 g/mol. The van der Waals surface area contributed by atoms with Gasteiger partial charge in [-0.15, -0.1) is 0 Å². The zero-order chi connectivity index (χ0) is 13.0. The van der Waals surface area contributed by atoms with Crippen molar-refractivity contribution in [1.29, 1.82) is 0 Å². The quantitative estimate of drug-likeness (QED) is 0.704. The van der Waals surface area contributed by atoms with E-state index in [9.17, 15) is 10.2 Å². The molecule has 1 aliphatic carbocycles. The Hall–Kier alpha value is -1.22. The third-order valence-corrected chi connectivity index (χ3v) is 5.44. The van der Waals surface area contributed by atoms with Gasteiger partial charge in [0.15, 0.2) is 0 Å². The van der Waals surface area contributed by atoms with Crippen molar-refractivity contribution in [3.63, 3.8) is 0 Å². The second kappa shape index (κ2) is 4.14. The summed E-state index contributed by atoms with van der Waals surface area (Å²) in [7, 11) is 0. The fraction of sp³-hybridized carbons (Fsp3) is 0.625. The van der Waals surface area contributed by atoms with Gasteiger partial charge in [0.25, 0.3) is 0 Å². The summed E-state index contributed by atoms with van der Waals surface area (Å²) in [5.41, 5.74) is 2.07. The molecule has 19 heavy (non-hydrogen) atoms. The molecule has 0 bridgehead atoms. The van der Waals surface area contributed by atoms with Crippen LogP contribution in [0.15, 0.2) is 12.1 Å². The molecule has 102 valence electrons. The standard InChI is InChI=1S/C16H21NO2/c18-13-5-6-14(19)15-11-4-2-8-17-7-1-3-10(16(11)17)9-12(13)15/h5-6,10-11,16,18-19H,1-4,7-9H2. The molecular formula is C16H21NO2. The van der Waals surface area contributed by atoms with Crippen LogP contribution in [0, 0.1) is 5.92 Å². The first-order valence-electron chi connectivity index (χ1n) is 7.53. The average Bonchev–Trinajstić information content (AvgIpc) is 2.43. The maximum absolute atomic E-state index is 10.3. The second-order valence-corrected chi connectivity index (χ2v) is 6.38. The molecule has 4 rings (SSSR count). The molecular weight excluding hydrogens is 238 g/mol. The Balaban J connectivity index is 1.86. The van der Waals surface area contributed by atoms with Gasteiger partial charge in [-0.2, -0.15) is 0 Å². The predicted octanol–water partition coefficient (Wildman–Crippen LogP) is 2.61. The Kier molecular flexibility index (Phi) is 2.52. The van der Waals surface area contributed by atoms with Gasteiger partial charge in [-0.3, -0.25) is 4.90 Å². The zero-order valence-electron chi connectivity index (χ0n) is 11.2. The van der Waals surface area contributed by atoms with E-state index in [2.05, 4.69) is 4.90 Å². The van der Waals surface area contributed by atoms with E-state index in [1.165, 1.54) is 32.4 Å². The van der Waals surface area contributed by atoms with Gasteiger partial charge < -0.3 is 10.2 Å². The number of nitrogens with zero attached hydrogens (tertiary/aromatic N) is 1. The van der Waals surface area contributed by atoms with E-state index < -0.39 is 0 Å². The van der Waals surface area contributed by atoms with E-state index in [0.29, 0.717) is 29.4 Å². The number of fused-ring (bicyclic) bond motifs is 2. The van der Waals surface area contributed by atoms with Crippen LogP contribution in [0.3, 0.4) is 0 Å². The van der Waals surface area contributed by atoms with Crippen molar-refractivity contribution in [2.45, 2.75) is 44.1 Å². The van der Waals surface area contributed by atoms with Crippen molar-refractivity contribution >= 4 is 0 Å². The van der Waals surface area contributed by atoms with E-state index in [1.54, 1.807) is 12.1 Å². The topological polar surface area (TPSA) is 43.7 Å². The summed E-state index contributed by atoms with van der Waals surface area (Å²) in [6.07, 6.45) is 5.85. The molecule has 2 fully saturated rings. The second-order valence-electron chi connectivity index (χ2n) is 6.38. The number of hydrogen-bond acceptors (Lipinski definition) is 3. The summed E-state index contributed by atoms with van der Waals surface area (Å²) in [5, 5.41) is 20.4. The molecule has 0 amide bonds. The molecule has 3 aliphatic rings. The molecule has 2 N–H and O–H groups in total. The molecule has 3 nitrogen and oxygen atoms in total. The molecule has 2 heterocycles. The third kappa shape index (κ3) is 1.61. The van der Waals surface area contributed by atoms with Gasteiger partial charge in [0, 0.05) is 23.1 Å². The summed E-state index contributed by atoms with van der Waals surface area (Å²) in [5.74, 6) is 1.87. The van der Waals surface area contributed by atoms with Crippen molar-refractivity contribution in [3.05, 3.63) is 23.3 Å². The van der Waals surface area contributed by atoms with E-state index in [-0.39, 0.29) is 0 Å². The number of benzene rings is 1. The van der Waals surface area contributed by atoms with Crippen LogP contribution in [-0.4, -0.2) is 34.2 Å². The molecule has 1 aromatic carbocycles. The van der Waals surface area contributed by atoms with Crippen LogP contribution < -0.4 is 0 Å². The van der Waals surface area contributed by atoms with Gasteiger partial charge in [0.1, 0.15) is 11.5 Å². The highest BCUT2D eigenvalue weighted by atomic mass is 16.3. The maximum atomic E-state index is 10.3. The van der Waals surface area contributed by atoms with Crippen molar-refractivity contribution in [1.82, 2.24) is 4.90 Å². The SMILES string of the molecule is Oc1ccc(O)c2c1CC1CCCN3CCCC2C13. The molecule has 0 aromatic heterocycles. The van der Waals surface area contributed by atoms with Gasteiger partial charge in [0.2, 0.25) is 0 Å². The maximum Gasteiger partial charge on any atom is 0.119 e. The lowest BCUT2D eigenvalue weighted by Crippen LogP contribution is -2.54. The van der Waals surface area contributed by atoms with Crippen LogP contribution in [0.2, 0.25) is 0 Å². The van der Waals surface area contributed by atoms with Gasteiger partial charge in [0.05, 0.1) is 0 Å². The van der Waals surface area contributed by atoms with Gasteiger partial charge in [-0.05, 0) is 63.2 Å². The molecule has 2 saturated heterocycles. The highest BCUT2D eigenvalue weighted by molar-refractivity contribution is 5.52. The molecule has 0 radical (unpaired) electrons. The van der Waals surface area contributed by atoms with Crippen molar-refractivity contribution in [2.24, 2.45) is 5.92 Å². The summed E-state index contributed by atoms with van der Waals surface area (Å²) in [6.45, 7) is 2.43. The van der Waals surface area contributed by atoms with Gasteiger partial charge in [-0.25, -0.2) is 0 Å². The minimum Gasteiger partial charge on any atom is -0.508 e. The largest absolute Gasteiger partial charge is 0.508 e. The van der Waals surface area contributed by atoms with Gasteiger partial charge >= 0.3 is 0 Å². The Morgan fingerprint density at radius 3 is 2.58 bits per heavy atom. The summed E-state index contributed by atoms with van der Waals surface area (Å²) in [6, 6.07) is 3.91. The van der Waals surface area contributed by atoms with Gasteiger partial charge in [-0.1, -0.05) is 0 Å². The molecule has 0 spiro atoms. The number of phenolic OH excluding ortho intramolecular Hbond substituents is 2.